The van der Waals surface area contributed by atoms with Gasteiger partial charge in [-0.15, -0.1) is 0 Å². The summed E-state index contributed by atoms with van der Waals surface area (Å²) in [5.74, 6) is -3.93. The van der Waals surface area contributed by atoms with Crippen molar-refractivity contribution >= 4 is 5.91 Å². The van der Waals surface area contributed by atoms with Gasteiger partial charge in [0.25, 0.3) is 5.92 Å². The number of amides is 1. The highest BCUT2D eigenvalue weighted by Crippen LogP contribution is 2.09. The third-order valence-corrected chi connectivity index (χ3v) is 0.938. The van der Waals surface area contributed by atoms with Crippen molar-refractivity contribution in [2.24, 2.45) is 0 Å². The van der Waals surface area contributed by atoms with Crippen LogP contribution in [-0.2, 0) is 4.79 Å². The maximum atomic E-state index is 12.2. The molecule has 5 heteroatoms. The zero-order chi connectivity index (χ0) is 8.91. The van der Waals surface area contributed by atoms with Gasteiger partial charge in [-0.05, 0) is 6.08 Å². The van der Waals surface area contributed by atoms with Crippen molar-refractivity contribution in [2.45, 2.75) is 5.92 Å². The molecule has 0 spiro atoms. The fraction of sp³-hybridized carbons (Fsp3) is 0.500. The lowest BCUT2D eigenvalue weighted by Gasteiger charge is -2.12. The van der Waals surface area contributed by atoms with Crippen LogP contribution in [0.3, 0.4) is 0 Å². The SMILES string of the molecule is C=CC(=O)NCC(F)(F)CO. The zero-order valence-corrected chi connectivity index (χ0v) is 5.81. The number of carbonyl (C=O) groups excluding carboxylic acids is 1. The van der Waals surface area contributed by atoms with E-state index in [2.05, 4.69) is 6.58 Å². The van der Waals surface area contributed by atoms with Gasteiger partial charge in [-0.3, -0.25) is 4.79 Å². The highest BCUT2D eigenvalue weighted by molar-refractivity contribution is 5.86. The van der Waals surface area contributed by atoms with E-state index in [4.69, 9.17) is 5.11 Å². The molecule has 1 amide bonds. The normalized spacial score (nSPS) is 10.8. The largest absolute Gasteiger partial charge is 0.390 e. The van der Waals surface area contributed by atoms with E-state index < -0.39 is 25.0 Å². The molecule has 0 bridgehead atoms. The first-order valence-electron chi connectivity index (χ1n) is 2.91. The van der Waals surface area contributed by atoms with Gasteiger partial charge in [-0.2, -0.15) is 0 Å². The first-order valence-corrected chi connectivity index (χ1v) is 2.91. The number of nitrogens with one attached hydrogen (secondary N) is 1. The topological polar surface area (TPSA) is 49.3 Å². The molecular formula is C6H9F2NO2. The maximum absolute atomic E-state index is 12.2. The van der Waals surface area contributed by atoms with Gasteiger partial charge in [-0.25, -0.2) is 8.78 Å². The molecule has 0 aliphatic heterocycles. The highest BCUT2D eigenvalue weighted by atomic mass is 19.3. The summed E-state index contributed by atoms with van der Waals surface area (Å²) in [5, 5.41) is 9.91. The lowest BCUT2D eigenvalue weighted by molar-refractivity contribution is -0.119. The first-order chi connectivity index (χ1) is 5.02. The molecule has 0 saturated carbocycles. The standard InChI is InChI=1S/C6H9F2NO2/c1-2-5(11)9-3-6(7,8)4-10/h2,10H,1,3-4H2,(H,9,11). The Kier molecular flexibility index (Phi) is 3.67. The van der Waals surface area contributed by atoms with Gasteiger partial charge in [-0.1, -0.05) is 6.58 Å². The monoisotopic (exact) mass is 165 g/mol. The second kappa shape index (κ2) is 4.02. The van der Waals surface area contributed by atoms with Gasteiger partial charge in [0.15, 0.2) is 0 Å². The number of alkyl halides is 2. The molecular weight excluding hydrogens is 156 g/mol. The smallest absolute Gasteiger partial charge is 0.287 e. The van der Waals surface area contributed by atoms with Crippen LogP contribution < -0.4 is 5.32 Å². The second-order valence-corrected chi connectivity index (χ2v) is 1.94. The Morgan fingerprint density at radius 2 is 2.27 bits per heavy atom. The minimum atomic E-state index is -3.25. The van der Waals surface area contributed by atoms with Gasteiger partial charge in [0.1, 0.15) is 6.61 Å². The summed E-state index contributed by atoms with van der Waals surface area (Å²) >= 11 is 0. The van der Waals surface area contributed by atoms with E-state index in [0.717, 1.165) is 6.08 Å². The van der Waals surface area contributed by atoms with E-state index in [1.165, 1.54) is 0 Å². The number of aliphatic hydroxyl groups excluding tert-OH is 1. The van der Waals surface area contributed by atoms with Crippen LogP contribution in [0.2, 0.25) is 0 Å². The quantitative estimate of drug-likeness (QED) is 0.572. The summed E-state index contributed by atoms with van der Waals surface area (Å²) in [5.41, 5.74) is 0. The molecule has 0 aromatic carbocycles. The Labute approximate surface area is 62.7 Å². The van der Waals surface area contributed by atoms with Crippen molar-refractivity contribution in [2.75, 3.05) is 13.2 Å². The molecule has 0 saturated heterocycles. The minimum Gasteiger partial charge on any atom is -0.390 e. The van der Waals surface area contributed by atoms with Gasteiger partial charge in [0.2, 0.25) is 5.91 Å². The molecule has 0 aliphatic carbocycles. The Bertz CT molecular complexity index is 159. The van der Waals surface area contributed by atoms with Crippen LogP contribution in [0.25, 0.3) is 0 Å². The maximum Gasteiger partial charge on any atom is 0.287 e. The van der Waals surface area contributed by atoms with Gasteiger partial charge in [0, 0.05) is 0 Å². The number of carbonyl (C=O) groups is 1. The van der Waals surface area contributed by atoms with E-state index in [-0.39, 0.29) is 0 Å². The zero-order valence-electron chi connectivity index (χ0n) is 5.81. The van der Waals surface area contributed by atoms with E-state index in [0.29, 0.717) is 0 Å². The molecule has 3 nitrogen and oxygen atoms in total. The van der Waals surface area contributed by atoms with Crippen LogP contribution in [0.5, 0.6) is 0 Å². The minimum absolute atomic E-state index is 0.682. The Morgan fingerprint density at radius 1 is 1.73 bits per heavy atom. The van der Waals surface area contributed by atoms with Crippen LogP contribution in [0, 0.1) is 0 Å². The Morgan fingerprint density at radius 3 is 2.64 bits per heavy atom. The third-order valence-electron chi connectivity index (χ3n) is 0.938. The summed E-state index contributed by atoms with van der Waals surface area (Å²) in [6.07, 6.45) is 0.882. The molecule has 0 atom stereocenters. The molecule has 0 unspecified atom stereocenters. The summed E-state index contributed by atoms with van der Waals surface area (Å²) in [7, 11) is 0. The molecule has 0 aromatic rings. The van der Waals surface area contributed by atoms with Crippen LogP contribution in [0.15, 0.2) is 12.7 Å². The van der Waals surface area contributed by atoms with Crippen LogP contribution in [-0.4, -0.2) is 30.1 Å². The Hall–Kier alpha value is -0.970. The lowest BCUT2D eigenvalue weighted by Crippen LogP contribution is -2.38. The average molecular weight is 165 g/mol. The lowest BCUT2D eigenvalue weighted by atomic mass is 10.3. The summed E-state index contributed by atoms with van der Waals surface area (Å²) < 4.78 is 24.3. The summed E-state index contributed by atoms with van der Waals surface area (Å²) in [4.78, 5) is 10.3. The van der Waals surface area contributed by atoms with Crippen molar-refractivity contribution in [3.8, 4) is 0 Å². The molecule has 2 N–H and O–H groups in total. The van der Waals surface area contributed by atoms with Gasteiger partial charge < -0.3 is 10.4 Å². The third kappa shape index (κ3) is 4.44. The molecule has 64 valence electrons. The molecule has 0 aromatic heterocycles. The van der Waals surface area contributed by atoms with Crippen LogP contribution >= 0.6 is 0 Å². The number of hydrogen-bond acceptors (Lipinski definition) is 2. The average Bonchev–Trinajstić information content (AvgIpc) is 2.00. The fourth-order valence-electron chi connectivity index (χ4n) is 0.345. The van der Waals surface area contributed by atoms with Crippen LogP contribution in [0.4, 0.5) is 8.78 Å². The number of halogens is 2. The fourth-order valence-corrected chi connectivity index (χ4v) is 0.345. The Balaban J connectivity index is 3.69. The molecule has 0 fully saturated rings. The van der Waals surface area contributed by atoms with Crippen LogP contribution in [0.1, 0.15) is 0 Å². The second-order valence-electron chi connectivity index (χ2n) is 1.94. The summed E-state index contributed by atoms with van der Waals surface area (Å²) in [6.45, 7) is 0.928. The van der Waals surface area contributed by atoms with Crippen molar-refractivity contribution in [1.82, 2.24) is 5.32 Å². The van der Waals surface area contributed by atoms with Crippen molar-refractivity contribution in [3.05, 3.63) is 12.7 Å². The predicted octanol–water partition coefficient (Wildman–Crippen LogP) is -0.0838. The number of rotatable bonds is 4. The van der Waals surface area contributed by atoms with E-state index in [1.807, 2.05) is 5.32 Å². The van der Waals surface area contributed by atoms with E-state index in [9.17, 15) is 13.6 Å². The van der Waals surface area contributed by atoms with Crippen molar-refractivity contribution in [3.63, 3.8) is 0 Å². The van der Waals surface area contributed by atoms with Crippen molar-refractivity contribution in [1.29, 1.82) is 0 Å². The summed E-state index contributed by atoms with van der Waals surface area (Å²) in [6, 6.07) is 0. The number of aliphatic hydroxyl groups is 1. The number of hydrogen-bond donors (Lipinski definition) is 2. The highest BCUT2D eigenvalue weighted by Gasteiger charge is 2.27. The molecule has 0 aliphatic rings. The van der Waals surface area contributed by atoms with E-state index >= 15 is 0 Å². The predicted molar refractivity (Wildman–Crippen MR) is 35.2 cm³/mol. The molecule has 11 heavy (non-hydrogen) atoms. The first kappa shape index (κ1) is 10.0. The molecule has 0 heterocycles. The van der Waals surface area contributed by atoms with Gasteiger partial charge >= 0.3 is 0 Å². The molecule has 0 radical (unpaired) electrons. The van der Waals surface area contributed by atoms with E-state index in [1.54, 1.807) is 0 Å². The molecule has 0 rings (SSSR count). The van der Waals surface area contributed by atoms with Gasteiger partial charge in [0.05, 0.1) is 6.54 Å². The van der Waals surface area contributed by atoms with Crippen molar-refractivity contribution < 1.29 is 18.7 Å².